The highest BCUT2D eigenvalue weighted by Gasteiger charge is 2.65. The van der Waals surface area contributed by atoms with Gasteiger partial charge in [0.1, 0.15) is 11.9 Å². The van der Waals surface area contributed by atoms with Gasteiger partial charge in [-0.05, 0) is 40.5 Å². The number of carbonyl (C=O) groups is 2. The highest BCUT2D eigenvalue weighted by Crippen LogP contribution is 2.58. The summed E-state index contributed by atoms with van der Waals surface area (Å²) in [5.41, 5.74) is -0.927. The number of amides is 1. The Labute approximate surface area is 95.9 Å². The largest absolute Gasteiger partial charge is 0.444 e. The predicted octanol–water partition coefficient (Wildman–Crippen LogP) is 1.97. The predicted molar refractivity (Wildman–Crippen MR) is 59.1 cm³/mol. The molecule has 1 aliphatic carbocycles. The fourth-order valence-corrected chi connectivity index (χ4v) is 3.00. The Bertz CT molecular complexity index is 337. The number of ether oxygens (including phenoxy) is 1. The lowest BCUT2D eigenvalue weighted by Gasteiger charge is -2.42. The summed E-state index contributed by atoms with van der Waals surface area (Å²) in [5, 5.41) is 0. The number of nitrogens with zero attached hydrogens (tertiary/aromatic N) is 1. The number of fused-ring (bicyclic) bond motifs is 1. The molecule has 1 amide bonds. The van der Waals surface area contributed by atoms with Gasteiger partial charge in [-0.1, -0.05) is 0 Å². The number of hydrogen-bond donors (Lipinski definition) is 0. The summed E-state index contributed by atoms with van der Waals surface area (Å²) in [6, 6.07) is 0. The van der Waals surface area contributed by atoms with E-state index in [1.807, 2.05) is 27.7 Å². The highest BCUT2D eigenvalue weighted by molar-refractivity contribution is 5.75. The van der Waals surface area contributed by atoms with Crippen molar-refractivity contribution in [1.29, 1.82) is 0 Å². The number of rotatable bonds is 1. The fraction of sp³-hybridized carbons (Fsp3) is 0.833. The van der Waals surface area contributed by atoms with E-state index in [2.05, 4.69) is 0 Å². The maximum absolute atomic E-state index is 11.9. The molecule has 2 bridgehead atoms. The zero-order chi connectivity index (χ0) is 12.2. The molecule has 4 nitrogen and oxygen atoms in total. The van der Waals surface area contributed by atoms with Crippen LogP contribution in [0.3, 0.4) is 0 Å². The van der Waals surface area contributed by atoms with Crippen molar-refractivity contribution in [2.45, 2.75) is 51.7 Å². The van der Waals surface area contributed by atoms with Gasteiger partial charge in [0.2, 0.25) is 0 Å². The fourth-order valence-electron chi connectivity index (χ4n) is 3.00. The molecule has 0 N–H and O–H groups in total. The summed E-state index contributed by atoms with van der Waals surface area (Å²) < 4.78 is 5.34. The zero-order valence-corrected chi connectivity index (χ0v) is 10.4. The zero-order valence-electron chi connectivity index (χ0n) is 10.4. The van der Waals surface area contributed by atoms with Crippen LogP contribution < -0.4 is 0 Å². The van der Waals surface area contributed by atoms with Crippen molar-refractivity contribution >= 4 is 12.4 Å². The van der Waals surface area contributed by atoms with E-state index in [1.54, 1.807) is 4.90 Å². The van der Waals surface area contributed by atoms with E-state index < -0.39 is 5.60 Å². The molecular weight excluding hydrogens is 206 g/mol. The second kappa shape index (κ2) is 2.99. The maximum Gasteiger partial charge on any atom is 0.410 e. The first-order valence-corrected chi connectivity index (χ1v) is 5.67. The van der Waals surface area contributed by atoms with Crippen LogP contribution in [0.4, 0.5) is 4.79 Å². The van der Waals surface area contributed by atoms with Crippen LogP contribution in [0.25, 0.3) is 0 Å². The van der Waals surface area contributed by atoms with Gasteiger partial charge in [0, 0.05) is 17.5 Å². The lowest BCUT2D eigenvalue weighted by molar-refractivity contribution is -0.119. The SMILES string of the molecule is CC(C)(C)OC(=O)N1CC2(C=O)CC1(C)C2. The minimum absolute atomic E-state index is 0.163. The molecule has 3 aliphatic rings. The number of aldehydes is 1. The normalized spacial score (nSPS) is 36.9. The molecule has 0 spiro atoms. The molecule has 0 unspecified atom stereocenters. The van der Waals surface area contributed by atoms with E-state index >= 15 is 0 Å². The van der Waals surface area contributed by atoms with Crippen molar-refractivity contribution in [2.24, 2.45) is 5.41 Å². The molecule has 16 heavy (non-hydrogen) atoms. The monoisotopic (exact) mass is 225 g/mol. The van der Waals surface area contributed by atoms with Crippen molar-refractivity contribution in [3.8, 4) is 0 Å². The minimum atomic E-state index is -0.477. The van der Waals surface area contributed by atoms with Gasteiger partial charge in [-0.2, -0.15) is 0 Å². The first-order chi connectivity index (χ1) is 7.20. The van der Waals surface area contributed by atoms with Crippen LogP contribution in [0.15, 0.2) is 0 Å². The Morgan fingerprint density at radius 1 is 1.38 bits per heavy atom. The standard InChI is InChI=1S/C12H19NO3/c1-10(2,3)16-9(15)13-7-12(8-14)5-11(13,4)6-12/h8H,5-7H2,1-4H3. The molecule has 2 heterocycles. The molecule has 3 rings (SSSR count). The molecule has 0 aromatic rings. The van der Waals surface area contributed by atoms with Crippen LogP contribution in [0.5, 0.6) is 0 Å². The van der Waals surface area contributed by atoms with Crippen molar-refractivity contribution in [1.82, 2.24) is 4.90 Å². The van der Waals surface area contributed by atoms with Gasteiger partial charge >= 0.3 is 6.09 Å². The van der Waals surface area contributed by atoms with Crippen molar-refractivity contribution < 1.29 is 14.3 Å². The van der Waals surface area contributed by atoms with Crippen molar-refractivity contribution in [2.75, 3.05) is 6.54 Å². The lowest BCUT2D eigenvalue weighted by Crippen LogP contribution is -2.49. The quantitative estimate of drug-likeness (QED) is 0.641. The summed E-state index contributed by atoms with van der Waals surface area (Å²) in [4.78, 5) is 24.6. The van der Waals surface area contributed by atoms with Gasteiger partial charge < -0.3 is 14.4 Å². The van der Waals surface area contributed by atoms with Crippen molar-refractivity contribution in [3.63, 3.8) is 0 Å². The molecule has 2 saturated heterocycles. The Morgan fingerprint density at radius 2 is 1.94 bits per heavy atom. The third-order valence-corrected chi connectivity index (χ3v) is 3.45. The number of carbonyl (C=O) groups excluding carboxylic acids is 2. The second-order valence-electron chi connectivity index (χ2n) is 6.40. The third-order valence-electron chi connectivity index (χ3n) is 3.45. The second-order valence-corrected chi connectivity index (χ2v) is 6.40. The molecule has 0 aromatic carbocycles. The average molecular weight is 225 g/mol. The van der Waals surface area contributed by atoms with Gasteiger partial charge in [0.25, 0.3) is 0 Å². The van der Waals surface area contributed by atoms with E-state index in [0.717, 1.165) is 19.1 Å². The van der Waals surface area contributed by atoms with Crippen LogP contribution >= 0.6 is 0 Å². The molecular formula is C12H19NO3. The van der Waals surface area contributed by atoms with Crippen LogP contribution in [0, 0.1) is 5.41 Å². The Morgan fingerprint density at radius 3 is 2.31 bits per heavy atom. The highest BCUT2D eigenvalue weighted by atomic mass is 16.6. The number of hydrogen-bond acceptors (Lipinski definition) is 3. The summed E-state index contributed by atoms with van der Waals surface area (Å²) >= 11 is 0. The van der Waals surface area contributed by atoms with Gasteiger partial charge in [0.15, 0.2) is 0 Å². The van der Waals surface area contributed by atoms with Crippen LogP contribution in [0.2, 0.25) is 0 Å². The lowest BCUT2D eigenvalue weighted by atomic mass is 9.64. The summed E-state index contributed by atoms with van der Waals surface area (Å²) in [6.07, 6.45) is 2.26. The van der Waals surface area contributed by atoms with E-state index in [-0.39, 0.29) is 17.0 Å². The molecule has 0 radical (unpaired) electrons. The maximum atomic E-state index is 11.9. The van der Waals surface area contributed by atoms with E-state index in [4.69, 9.17) is 4.74 Å². The summed E-state index contributed by atoms with van der Waals surface area (Å²) in [7, 11) is 0. The molecule has 0 atom stereocenters. The van der Waals surface area contributed by atoms with Gasteiger partial charge in [-0.15, -0.1) is 0 Å². The van der Waals surface area contributed by atoms with E-state index in [9.17, 15) is 9.59 Å². The van der Waals surface area contributed by atoms with E-state index in [1.165, 1.54) is 0 Å². The molecule has 1 saturated carbocycles. The van der Waals surface area contributed by atoms with Gasteiger partial charge in [-0.25, -0.2) is 4.79 Å². The Kier molecular flexibility index (Phi) is 2.14. The van der Waals surface area contributed by atoms with Crippen LogP contribution in [-0.2, 0) is 9.53 Å². The molecule has 0 aromatic heterocycles. The first kappa shape index (κ1) is 11.4. The van der Waals surface area contributed by atoms with Crippen molar-refractivity contribution in [3.05, 3.63) is 0 Å². The Hall–Kier alpha value is -1.06. The molecule has 2 aliphatic heterocycles. The van der Waals surface area contributed by atoms with Crippen LogP contribution in [0.1, 0.15) is 40.5 Å². The summed E-state index contributed by atoms with van der Waals surface area (Å²) in [6.45, 7) is 8.09. The topological polar surface area (TPSA) is 46.6 Å². The van der Waals surface area contributed by atoms with Gasteiger partial charge in [-0.3, -0.25) is 0 Å². The van der Waals surface area contributed by atoms with E-state index in [0.29, 0.717) is 6.54 Å². The average Bonchev–Trinajstić information content (AvgIpc) is 2.50. The molecule has 90 valence electrons. The smallest absolute Gasteiger partial charge is 0.410 e. The Balaban J connectivity index is 2.08. The molecule has 4 heteroatoms. The molecule has 3 fully saturated rings. The third kappa shape index (κ3) is 1.60. The van der Waals surface area contributed by atoms with Crippen LogP contribution in [-0.4, -0.2) is 35.0 Å². The minimum Gasteiger partial charge on any atom is -0.444 e. The first-order valence-electron chi connectivity index (χ1n) is 5.67. The summed E-state index contributed by atoms with van der Waals surface area (Å²) in [5.74, 6) is 0. The van der Waals surface area contributed by atoms with Gasteiger partial charge in [0.05, 0.1) is 0 Å².